The Hall–Kier alpha value is -2.60. The van der Waals surface area contributed by atoms with Crippen LogP contribution in [0.5, 0.6) is 11.5 Å². The van der Waals surface area contributed by atoms with E-state index in [0.29, 0.717) is 10.4 Å². The molecule has 0 saturated carbocycles. The summed E-state index contributed by atoms with van der Waals surface area (Å²) in [6.45, 7) is 4.82. The zero-order valence-corrected chi connectivity index (χ0v) is 16.2. The molecule has 26 heavy (non-hydrogen) atoms. The maximum absolute atomic E-state index is 12.6. The van der Waals surface area contributed by atoms with Crippen molar-refractivity contribution in [1.82, 2.24) is 4.57 Å². The molecule has 0 aliphatic rings. The standard InChI is InChI=1S/C20H22N2O3S/c1-5-12-22-17-15(24-3)10-11-16(25-4)18(17)26-20(22)21-19(23)14-8-6-13(2)7-9-14/h6-11H,5,12H2,1-4H3. The Balaban J connectivity index is 2.22. The largest absolute Gasteiger partial charge is 0.495 e. The number of hydrogen-bond acceptors (Lipinski definition) is 4. The van der Waals surface area contributed by atoms with Crippen LogP contribution in [-0.2, 0) is 6.54 Å². The average Bonchev–Trinajstić information content (AvgIpc) is 3.00. The molecule has 3 rings (SSSR count). The molecule has 0 saturated heterocycles. The van der Waals surface area contributed by atoms with Crippen LogP contribution in [0.3, 0.4) is 0 Å². The minimum Gasteiger partial charge on any atom is -0.495 e. The van der Waals surface area contributed by atoms with Gasteiger partial charge in [0.15, 0.2) is 4.80 Å². The molecule has 1 amide bonds. The number of amides is 1. The minimum absolute atomic E-state index is 0.251. The van der Waals surface area contributed by atoms with Crippen LogP contribution in [0.1, 0.15) is 29.3 Å². The predicted molar refractivity (Wildman–Crippen MR) is 104 cm³/mol. The molecule has 1 aromatic heterocycles. The number of aryl methyl sites for hydroxylation is 2. The Kier molecular flexibility index (Phi) is 5.42. The molecule has 0 fully saturated rings. The highest BCUT2D eigenvalue weighted by molar-refractivity contribution is 7.16. The van der Waals surface area contributed by atoms with Gasteiger partial charge in [-0.1, -0.05) is 36.0 Å². The number of rotatable bonds is 5. The van der Waals surface area contributed by atoms with E-state index in [1.165, 1.54) is 11.3 Å². The molecular formula is C20H22N2O3S. The van der Waals surface area contributed by atoms with Crippen molar-refractivity contribution in [1.29, 1.82) is 0 Å². The van der Waals surface area contributed by atoms with E-state index in [1.54, 1.807) is 26.4 Å². The van der Waals surface area contributed by atoms with Gasteiger partial charge >= 0.3 is 0 Å². The van der Waals surface area contributed by atoms with E-state index >= 15 is 0 Å². The Labute approximate surface area is 156 Å². The number of aromatic nitrogens is 1. The molecule has 5 nitrogen and oxygen atoms in total. The van der Waals surface area contributed by atoms with Crippen LogP contribution in [0.4, 0.5) is 0 Å². The summed E-state index contributed by atoms with van der Waals surface area (Å²) >= 11 is 1.44. The van der Waals surface area contributed by atoms with Gasteiger partial charge in [0.1, 0.15) is 21.7 Å². The molecule has 3 aromatic rings. The van der Waals surface area contributed by atoms with Crippen LogP contribution >= 0.6 is 11.3 Å². The maximum Gasteiger partial charge on any atom is 0.279 e. The first-order valence-corrected chi connectivity index (χ1v) is 9.30. The van der Waals surface area contributed by atoms with Gasteiger partial charge in [0.05, 0.1) is 14.2 Å². The Morgan fingerprint density at radius 1 is 1.08 bits per heavy atom. The van der Waals surface area contributed by atoms with Crippen LogP contribution in [0.25, 0.3) is 10.2 Å². The third-order valence-corrected chi connectivity index (χ3v) is 5.23. The van der Waals surface area contributed by atoms with E-state index in [9.17, 15) is 4.79 Å². The molecule has 2 aromatic carbocycles. The van der Waals surface area contributed by atoms with Crippen LogP contribution in [0, 0.1) is 6.92 Å². The number of ether oxygens (including phenoxy) is 2. The van der Waals surface area contributed by atoms with Gasteiger partial charge in [0.25, 0.3) is 5.91 Å². The monoisotopic (exact) mass is 370 g/mol. The molecule has 0 N–H and O–H groups in total. The second-order valence-corrected chi connectivity index (χ2v) is 6.94. The van der Waals surface area contributed by atoms with Crippen LogP contribution in [0.2, 0.25) is 0 Å². The normalized spacial score (nSPS) is 11.8. The highest BCUT2D eigenvalue weighted by Gasteiger charge is 2.16. The number of fused-ring (bicyclic) bond motifs is 1. The van der Waals surface area contributed by atoms with Gasteiger partial charge in [-0.05, 0) is 37.6 Å². The van der Waals surface area contributed by atoms with E-state index in [0.717, 1.165) is 40.2 Å². The molecule has 6 heteroatoms. The lowest BCUT2D eigenvalue weighted by Crippen LogP contribution is -2.17. The summed E-state index contributed by atoms with van der Waals surface area (Å²) in [5.74, 6) is 1.24. The molecule has 0 bridgehead atoms. The van der Waals surface area contributed by atoms with Crippen LogP contribution in [0.15, 0.2) is 41.4 Å². The Morgan fingerprint density at radius 2 is 1.73 bits per heavy atom. The molecule has 0 atom stereocenters. The summed E-state index contributed by atoms with van der Waals surface area (Å²) in [7, 11) is 3.28. The minimum atomic E-state index is -0.251. The van der Waals surface area contributed by atoms with Gasteiger partial charge in [0.2, 0.25) is 0 Å². The van der Waals surface area contributed by atoms with Gasteiger partial charge in [-0.2, -0.15) is 4.99 Å². The fourth-order valence-corrected chi connectivity index (χ4v) is 3.98. The lowest BCUT2D eigenvalue weighted by atomic mass is 10.1. The quantitative estimate of drug-likeness (QED) is 0.677. The summed E-state index contributed by atoms with van der Waals surface area (Å²) in [4.78, 5) is 17.7. The topological polar surface area (TPSA) is 52.8 Å². The van der Waals surface area contributed by atoms with Crippen molar-refractivity contribution < 1.29 is 14.3 Å². The number of nitrogens with zero attached hydrogens (tertiary/aromatic N) is 2. The fourth-order valence-electron chi connectivity index (χ4n) is 2.82. The molecule has 0 aliphatic heterocycles. The molecular weight excluding hydrogens is 348 g/mol. The molecule has 0 spiro atoms. The van der Waals surface area contributed by atoms with Gasteiger partial charge in [0, 0.05) is 12.1 Å². The molecule has 0 unspecified atom stereocenters. The van der Waals surface area contributed by atoms with Crippen molar-refractivity contribution in [2.75, 3.05) is 14.2 Å². The number of benzene rings is 2. The lowest BCUT2D eigenvalue weighted by Gasteiger charge is -2.09. The number of methoxy groups -OCH3 is 2. The zero-order valence-electron chi connectivity index (χ0n) is 15.4. The van der Waals surface area contributed by atoms with Gasteiger partial charge < -0.3 is 14.0 Å². The highest BCUT2D eigenvalue weighted by Crippen LogP contribution is 2.35. The third kappa shape index (κ3) is 3.37. The first kappa shape index (κ1) is 18.2. The average molecular weight is 370 g/mol. The second kappa shape index (κ2) is 7.74. The zero-order chi connectivity index (χ0) is 18.7. The van der Waals surface area contributed by atoms with Gasteiger partial charge in [-0.15, -0.1) is 0 Å². The summed E-state index contributed by atoms with van der Waals surface area (Å²) in [6, 6.07) is 11.2. The first-order valence-electron chi connectivity index (χ1n) is 8.49. The highest BCUT2D eigenvalue weighted by atomic mass is 32.1. The number of carbonyl (C=O) groups excluding carboxylic acids is 1. The SMILES string of the molecule is CCCn1c(=NC(=O)c2ccc(C)cc2)sc2c(OC)ccc(OC)c21. The Morgan fingerprint density at radius 3 is 2.35 bits per heavy atom. The van der Waals surface area contributed by atoms with Crippen molar-refractivity contribution in [2.24, 2.45) is 4.99 Å². The predicted octanol–water partition coefficient (Wildman–Crippen LogP) is 4.18. The first-order chi connectivity index (χ1) is 12.6. The Bertz CT molecular complexity index is 1000. The summed E-state index contributed by atoms with van der Waals surface area (Å²) in [5.41, 5.74) is 2.60. The van der Waals surface area contributed by atoms with E-state index < -0.39 is 0 Å². The third-order valence-electron chi connectivity index (χ3n) is 4.14. The van der Waals surface area contributed by atoms with Crippen LogP contribution < -0.4 is 14.3 Å². The molecule has 0 aliphatic carbocycles. The van der Waals surface area contributed by atoms with E-state index in [1.807, 2.05) is 35.8 Å². The second-order valence-electron chi connectivity index (χ2n) is 5.97. The van der Waals surface area contributed by atoms with Crippen LogP contribution in [-0.4, -0.2) is 24.7 Å². The molecule has 1 heterocycles. The number of carbonyl (C=O) groups is 1. The summed E-state index contributed by atoms with van der Waals surface area (Å²) in [5, 5.41) is 0. The van der Waals surface area contributed by atoms with E-state index in [2.05, 4.69) is 11.9 Å². The summed E-state index contributed by atoms with van der Waals surface area (Å²) < 4.78 is 14.0. The van der Waals surface area contributed by atoms with Crippen molar-refractivity contribution in [3.8, 4) is 11.5 Å². The molecule has 0 radical (unpaired) electrons. The fraction of sp³-hybridized carbons (Fsp3) is 0.300. The number of hydrogen-bond donors (Lipinski definition) is 0. The van der Waals surface area contributed by atoms with Crippen molar-refractivity contribution >= 4 is 27.5 Å². The van der Waals surface area contributed by atoms with Crippen molar-refractivity contribution in [2.45, 2.75) is 26.8 Å². The van der Waals surface area contributed by atoms with Crippen molar-refractivity contribution in [3.63, 3.8) is 0 Å². The van der Waals surface area contributed by atoms with Gasteiger partial charge in [-0.25, -0.2) is 0 Å². The summed E-state index contributed by atoms with van der Waals surface area (Å²) in [6.07, 6.45) is 0.915. The molecule has 136 valence electrons. The smallest absolute Gasteiger partial charge is 0.279 e. The number of thiazole rings is 1. The van der Waals surface area contributed by atoms with Gasteiger partial charge in [-0.3, -0.25) is 4.79 Å². The van der Waals surface area contributed by atoms with Crippen molar-refractivity contribution in [3.05, 3.63) is 52.3 Å². The lowest BCUT2D eigenvalue weighted by molar-refractivity contribution is 0.0998. The van der Waals surface area contributed by atoms with E-state index in [4.69, 9.17) is 9.47 Å². The maximum atomic E-state index is 12.6. The van der Waals surface area contributed by atoms with E-state index in [-0.39, 0.29) is 5.91 Å².